The number of hydrogen-bond acceptors (Lipinski definition) is 2. The molecule has 0 saturated carbocycles. The summed E-state index contributed by atoms with van der Waals surface area (Å²) in [6, 6.07) is 9.86. The van der Waals surface area contributed by atoms with Crippen molar-refractivity contribution in [1.82, 2.24) is 0 Å². The van der Waals surface area contributed by atoms with Crippen molar-refractivity contribution >= 4 is 43.5 Å². The Morgan fingerprint density at radius 2 is 2.10 bits per heavy atom. The van der Waals surface area contributed by atoms with Crippen LogP contribution in [0, 0.1) is 0 Å². The summed E-state index contributed by atoms with van der Waals surface area (Å²) in [6.07, 6.45) is 1.65. The molecule has 0 amide bonds. The van der Waals surface area contributed by atoms with E-state index in [9.17, 15) is 0 Å². The SMILES string of the molecule is NC(Cc1cc(Br)cc2c1OCC2)c1cccc(Br)c1Cl. The summed E-state index contributed by atoms with van der Waals surface area (Å²) >= 11 is 13.3. The van der Waals surface area contributed by atoms with Crippen LogP contribution >= 0.6 is 43.5 Å². The van der Waals surface area contributed by atoms with Crippen molar-refractivity contribution in [3.05, 3.63) is 61.0 Å². The van der Waals surface area contributed by atoms with E-state index in [0.29, 0.717) is 11.4 Å². The molecule has 2 N–H and O–H groups in total. The van der Waals surface area contributed by atoms with Crippen molar-refractivity contribution in [1.29, 1.82) is 0 Å². The van der Waals surface area contributed by atoms with Crippen molar-refractivity contribution in [3.8, 4) is 5.75 Å². The third-order valence-corrected chi connectivity index (χ3v) is 5.41. The second-order valence-electron chi connectivity index (χ2n) is 5.11. The van der Waals surface area contributed by atoms with Gasteiger partial charge in [0.25, 0.3) is 0 Å². The maximum atomic E-state index is 6.36. The third kappa shape index (κ3) is 3.14. The molecule has 1 atom stereocenters. The van der Waals surface area contributed by atoms with Crippen molar-refractivity contribution < 1.29 is 4.74 Å². The van der Waals surface area contributed by atoms with Crippen LogP contribution in [0.2, 0.25) is 5.02 Å². The first-order valence-corrected chi connectivity index (χ1v) is 8.66. The van der Waals surface area contributed by atoms with Crippen LogP contribution in [0.25, 0.3) is 0 Å². The molecule has 1 aliphatic rings. The van der Waals surface area contributed by atoms with Gasteiger partial charge in [0.05, 0.1) is 11.6 Å². The average molecular weight is 432 g/mol. The van der Waals surface area contributed by atoms with Gasteiger partial charge < -0.3 is 10.5 Å². The summed E-state index contributed by atoms with van der Waals surface area (Å²) in [7, 11) is 0. The molecule has 2 nitrogen and oxygen atoms in total. The lowest BCUT2D eigenvalue weighted by atomic mass is 9.97. The molecule has 2 aromatic carbocycles. The molecular weight excluding hydrogens is 417 g/mol. The molecule has 1 unspecified atom stereocenters. The highest BCUT2D eigenvalue weighted by molar-refractivity contribution is 9.10. The summed E-state index contributed by atoms with van der Waals surface area (Å²) in [6.45, 7) is 0.742. The van der Waals surface area contributed by atoms with Crippen LogP contribution < -0.4 is 10.5 Å². The van der Waals surface area contributed by atoms with Gasteiger partial charge in [0, 0.05) is 21.4 Å². The van der Waals surface area contributed by atoms with Crippen LogP contribution in [0.5, 0.6) is 5.75 Å². The molecule has 5 heteroatoms. The first-order valence-electron chi connectivity index (χ1n) is 6.70. The zero-order valence-corrected chi connectivity index (χ0v) is 15.1. The first-order chi connectivity index (χ1) is 10.1. The van der Waals surface area contributed by atoms with Gasteiger partial charge in [-0.2, -0.15) is 0 Å². The topological polar surface area (TPSA) is 35.2 Å². The van der Waals surface area contributed by atoms with Crippen LogP contribution in [0.15, 0.2) is 39.3 Å². The number of nitrogens with two attached hydrogens (primary N) is 1. The molecule has 0 fully saturated rings. The van der Waals surface area contributed by atoms with Gasteiger partial charge in [-0.05, 0) is 57.2 Å². The minimum absolute atomic E-state index is 0.169. The number of hydrogen-bond donors (Lipinski definition) is 1. The molecule has 0 bridgehead atoms. The zero-order chi connectivity index (χ0) is 15.0. The van der Waals surface area contributed by atoms with E-state index in [1.807, 2.05) is 18.2 Å². The van der Waals surface area contributed by atoms with Crippen LogP contribution in [-0.4, -0.2) is 6.61 Å². The zero-order valence-electron chi connectivity index (χ0n) is 11.2. The maximum absolute atomic E-state index is 6.36. The van der Waals surface area contributed by atoms with Gasteiger partial charge in [0.2, 0.25) is 0 Å². The Balaban J connectivity index is 1.92. The smallest absolute Gasteiger partial charge is 0.125 e. The van der Waals surface area contributed by atoms with Crippen molar-refractivity contribution in [3.63, 3.8) is 0 Å². The van der Waals surface area contributed by atoms with Gasteiger partial charge >= 0.3 is 0 Å². The van der Waals surface area contributed by atoms with E-state index in [1.54, 1.807) is 0 Å². The first kappa shape index (κ1) is 15.3. The summed E-state index contributed by atoms with van der Waals surface area (Å²) < 4.78 is 7.69. The largest absolute Gasteiger partial charge is 0.493 e. The Bertz CT molecular complexity index is 690. The molecule has 0 radical (unpaired) electrons. The molecule has 21 heavy (non-hydrogen) atoms. The molecule has 0 saturated heterocycles. The summed E-state index contributed by atoms with van der Waals surface area (Å²) in [4.78, 5) is 0. The highest BCUT2D eigenvalue weighted by Gasteiger charge is 2.20. The molecule has 0 aromatic heterocycles. The Morgan fingerprint density at radius 1 is 1.29 bits per heavy atom. The molecule has 2 aromatic rings. The highest BCUT2D eigenvalue weighted by Crippen LogP contribution is 2.36. The average Bonchev–Trinajstić information content (AvgIpc) is 2.90. The Kier molecular flexibility index (Phi) is 4.60. The van der Waals surface area contributed by atoms with Gasteiger partial charge in [-0.25, -0.2) is 0 Å². The monoisotopic (exact) mass is 429 g/mol. The van der Waals surface area contributed by atoms with Crippen LogP contribution in [0.1, 0.15) is 22.7 Å². The Morgan fingerprint density at radius 3 is 2.90 bits per heavy atom. The van der Waals surface area contributed by atoms with Crippen LogP contribution in [0.3, 0.4) is 0 Å². The van der Waals surface area contributed by atoms with Crippen LogP contribution in [0.4, 0.5) is 0 Å². The molecule has 3 rings (SSSR count). The third-order valence-electron chi connectivity index (χ3n) is 3.65. The molecular formula is C16H14Br2ClNO. The summed E-state index contributed by atoms with van der Waals surface area (Å²) in [5.41, 5.74) is 9.68. The van der Waals surface area contributed by atoms with Gasteiger partial charge in [0.15, 0.2) is 0 Å². The minimum Gasteiger partial charge on any atom is -0.493 e. The lowest BCUT2D eigenvalue weighted by Gasteiger charge is -2.17. The summed E-state index contributed by atoms with van der Waals surface area (Å²) in [5, 5.41) is 0.678. The Hall–Kier alpha value is -0.550. The van der Waals surface area contributed by atoms with Crippen molar-refractivity contribution in [2.45, 2.75) is 18.9 Å². The molecule has 1 aliphatic heterocycles. The summed E-state index contributed by atoms with van der Waals surface area (Å²) in [5.74, 6) is 0.986. The molecule has 110 valence electrons. The molecule has 1 heterocycles. The van der Waals surface area contributed by atoms with E-state index in [-0.39, 0.29) is 6.04 Å². The van der Waals surface area contributed by atoms with Gasteiger partial charge in [-0.15, -0.1) is 0 Å². The number of fused-ring (bicyclic) bond motifs is 1. The second-order valence-corrected chi connectivity index (χ2v) is 7.25. The van der Waals surface area contributed by atoms with Gasteiger partial charge in [-0.1, -0.05) is 39.7 Å². The van der Waals surface area contributed by atoms with Gasteiger partial charge in [-0.3, -0.25) is 0 Å². The standard InChI is InChI=1S/C16H14Br2ClNO/c17-11-6-9-4-5-21-16(9)10(7-11)8-14(20)12-2-1-3-13(18)15(12)19/h1-3,6-7,14H,4-5,8,20H2. The quantitative estimate of drug-likeness (QED) is 0.739. The fraction of sp³-hybridized carbons (Fsp3) is 0.250. The van der Waals surface area contributed by atoms with Crippen molar-refractivity contribution in [2.75, 3.05) is 6.61 Å². The van der Waals surface area contributed by atoms with Crippen molar-refractivity contribution in [2.24, 2.45) is 5.73 Å². The van der Waals surface area contributed by atoms with Gasteiger partial charge in [0.1, 0.15) is 5.75 Å². The number of halogens is 3. The van der Waals surface area contributed by atoms with E-state index in [2.05, 4.69) is 44.0 Å². The predicted molar refractivity (Wildman–Crippen MR) is 93.1 cm³/mol. The highest BCUT2D eigenvalue weighted by atomic mass is 79.9. The molecule has 0 aliphatic carbocycles. The molecule has 0 spiro atoms. The minimum atomic E-state index is -0.169. The van der Waals surface area contributed by atoms with E-state index >= 15 is 0 Å². The fourth-order valence-corrected chi connectivity index (χ4v) is 3.85. The lowest BCUT2D eigenvalue weighted by molar-refractivity contribution is 0.352. The normalized spacial score (nSPS) is 14.7. The van der Waals surface area contributed by atoms with E-state index < -0.39 is 0 Å². The fourth-order valence-electron chi connectivity index (χ4n) is 2.65. The van der Waals surface area contributed by atoms with Crippen LogP contribution in [-0.2, 0) is 12.8 Å². The number of ether oxygens (including phenoxy) is 1. The number of benzene rings is 2. The van der Waals surface area contributed by atoms with E-state index in [4.69, 9.17) is 22.1 Å². The Labute approximate surface area is 145 Å². The van der Waals surface area contributed by atoms with E-state index in [1.165, 1.54) is 5.56 Å². The number of rotatable bonds is 3. The van der Waals surface area contributed by atoms with E-state index in [0.717, 1.165) is 38.8 Å². The second kappa shape index (κ2) is 6.29. The lowest BCUT2D eigenvalue weighted by Crippen LogP contribution is -2.14. The maximum Gasteiger partial charge on any atom is 0.125 e. The predicted octanol–water partition coefficient (Wildman–Crippen LogP) is 5.04.